The van der Waals surface area contributed by atoms with Crippen molar-refractivity contribution in [2.45, 2.75) is 43.2 Å². The standard InChI is InChI=1S/C13H19NO3S/c1-13(2,14)12(15)10-5-6-11-9(8-10)4-3-7-18(11,16)17/h5-6,8,12,15H,3-4,7,14H2,1-2H3. The fourth-order valence-corrected chi connectivity index (χ4v) is 3.84. The van der Waals surface area contributed by atoms with Crippen LogP contribution in [-0.2, 0) is 16.3 Å². The van der Waals surface area contributed by atoms with Gasteiger partial charge in [-0.3, -0.25) is 0 Å². The number of hydrogen-bond donors (Lipinski definition) is 2. The SMILES string of the molecule is CC(C)(N)C(O)c1ccc2c(c1)CCCS2(=O)=O. The van der Waals surface area contributed by atoms with E-state index in [9.17, 15) is 13.5 Å². The lowest BCUT2D eigenvalue weighted by Crippen LogP contribution is -2.39. The fourth-order valence-electron chi connectivity index (χ4n) is 2.26. The molecular weight excluding hydrogens is 250 g/mol. The van der Waals surface area contributed by atoms with Crippen molar-refractivity contribution in [3.05, 3.63) is 29.3 Å². The first kappa shape index (κ1) is 13.5. The van der Waals surface area contributed by atoms with E-state index in [4.69, 9.17) is 5.73 Å². The summed E-state index contributed by atoms with van der Waals surface area (Å²) in [7, 11) is -3.13. The van der Waals surface area contributed by atoms with Gasteiger partial charge in [0.15, 0.2) is 9.84 Å². The van der Waals surface area contributed by atoms with Crippen LogP contribution >= 0.6 is 0 Å². The number of hydrogen-bond acceptors (Lipinski definition) is 4. The minimum Gasteiger partial charge on any atom is -0.387 e. The quantitative estimate of drug-likeness (QED) is 0.844. The average Bonchev–Trinajstić information content (AvgIpc) is 2.26. The Hall–Kier alpha value is -0.910. The van der Waals surface area contributed by atoms with Gasteiger partial charge in [-0.1, -0.05) is 12.1 Å². The summed E-state index contributed by atoms with van der Waals surface area (Å²) in [5, 5.41) is 10.1. The molecule has 5 heteroatoms. The maximum Gasteiger partial charge on any atom is 0.178 e. The summed E-state index contributed by atoms with van der Waals surface area (Å²) in [4.78, 5) is 0.402. The molecule has 0 fully saturated rings. The smallest absolute Gasteiger partial charge is 0.178 e. The Morgan fingerprint density at radius 1 is 1.39 bits per heavy atom. The van der Waals surface area contributed by atoms with Gasteiger partial charge in [-0.2, -0.15) is 0 Å². The van der Waals surface area contributed by atoms with Gasteiger partial charge >= 0.3 is 0 Å². The lowest BCUT2D eigenvalue weighted by atomic mass is 9.91. The minimum atomic E-state index is -3.13. The first-order valence-corrected chi connectivity index (χ1v) is 7.69. The monoisotopic (exact) mass is 269 g/mol. The van der Waals surface area contributed by atoms with Crippen molar-refractivity contribution >= 4 is 9.84 Å². The van der Waals surface area contributed by atoms with E-state index in [1.807, 2.05) is 0 Å². The number of sulfone groups is 1. The Kier molecular flexibility index (Phi) is 3.25. The fraction of sp³-hybridized carbons (Fsp3) is 0.538. The Balaban J connectivity index is 2.46. The number of nitrogens with two attached hydrogens (primary N) is 1. The van der Waals surface area contributed by atoms with E-state index >= 15 is 0 Å². The second kappa shape index (κ2) is 4.33. The first-order valence-electron chi connectivity index (χ1n) is 6.04. The number of benzene rings is 1. The number of aliphatic hydroxyl groups is 1. The maximum absolute atomic E-state index is 11.9. The summed E-state index contributed by atoms with van der Waals surface area (Å²) in [5.41, 5.74) is 6.60. The summed E-state index contributed by atoms with van der Waals surface area (Å²) >= 11 is 0. The molecule has 0 amide bonds. The van der Waals surface area contributed by atoms with Gasteiger partial charge in [0.05, 0.1) is 16.8 Å². The zero-order valence-corrected chi connectivity index (χ0v) is 11.5. The number of rotatable bonds is 2. The highest BCUT2D eigenvalue weighted by molar-refractivity contribution is 7.91. The third-order valence-electron chi connectivity index (χ3n) is 3.30. The molecule has 18 heavy (non-hydrogen) atoms. The van der Waals surface area contributed by atoms with Crippen LogP contribution in [0.4, 0.5) is 0 Å². The molecule has 1 aliphatic rings. The van der Waals surface area contributed by atoms with E-state index in [2.05, 4.69) is 0 Å². The summed E-state index contributed by atoms with van der Waals surface area (Å²) < 4.78 is 23.7. The van der Waals surface area contributed by atoms with Gasteiger partial charge in [0.2, 0.25) is 0 Å². The second-order valence-corrected chi connectivity index (χ2v) is 7.59. The van der Waals surface area contributed by atoms with Crippen molar-refractivity contribution in [2.75, 3.05) is 5.75 Å². The summed E-state index contributed by atoms with van der Waals surface area (Å²) in [5.74, 6) is 0.213. The maximum atomic E-state index is 11.9. The van der Waals surface area contributed by atoms with Crippen molar-refractivity contribution in [2.24, 2.45) is 5.73 Å². The van der Waals surface area contributed by atoms with Crippen molar-refractivity contribution in [1.82, 2.24) is 0 Å². The molecule has 0 radical (unpaired) electrons. The molecule has 4 nitrogen and oxygen atoms in total. The molecule has 0 bridgehead atoms. The number of fused-ring (bicyclic) bond motifs is 1. The minimum absolute atomic E-state index is 0.213. The molecular formula is C13H19NO3S. The van der Waals surface area contributed by atoms with Crippen LogP contribution in [0.25, 0.3) is 0 Å². The molecule has 0 spiro atoms. The molecule has 0 aromatic heterocycles. The number of aliphatic hydroxyl groups excluding tert-OH is 1. The van der Waals surface area contributed by atoms with Gasteiger partial charge in [0.25, 0.3) is 0 Å². The van der Waals surface area contributed by atoms with E-state index in [1.165, 1.54) is 0 Å². The van der Waals surface area contributed by atoms with Crippen LogP contribution in [0.5, 0.6) is 0 Å². The molecule has 1 aromatic carbocycles. The van der Waals surface area contributed by atoms with Crippen LogP contribution in [-0.4, -0.2) is 24.8 Å². The van der Waals surface area contributed by atoms with Crippen molar-refractivity contribution in [1.29, 1.82) is 0 Å². The Labute approximate surface area is 108 Å². The Bertz CT molecular complexity index is 558. The zero-order valence-electron chi connectivity index (χ0n) is 10.7. The van der Waals surface area contributed by atoms with Crippen molar-refractivity contribution in [3.8, 4) is 0 Å². The predicted molar refractivity (Wildman–Crippen MR) is 70.0 cm³/mol. The van der Waals surface area contributed by atoms with Crippen LogP contribution in [0.2, 0.25) is 0 Å². The molecule has 100 valence electrons. The van der Waals surface area contributed by atoms with E-state index in [1.54, 1.807) is 32.0 Å². The Morgan fingerprint density at radius 2 is 2.06 bits per heavy atom. The molecule has 0 saturated heterocycles. The second-order valence-electron chi connectivity index (χ2n) is 5.51. The van der Waals surface area contributed by atoms with Crippen molar-refractivity contribution < 1.29 is 13.5 Å². The highest BCUT2D eigenvalue weighted by atomic mass is 32.2. The van der Waals surface area contributed by atoms with Crippen LogP contribution in [0.3, 0.4) is 0 Å². The summed E-state index contributed by atoms with van der Waals surface area (Å²) in [6, 6.07) is 5.01. The van der Waals surface area contributed by atoms with E-state index in [0.717, 1.165) is 12.0 Å². The molecule has 0 aliphatic carbocycles. The van der Waals surface area contributed by atoms with E-state index < -0.39 is 21.5 Å². The highest BCUT2D eigenvalue weighted by Gasteiger charge is 2.28. The van der Waals surface area contributed by atoms with Gasteiger partial charge in [-0.25, -0.2) is 8.42 Å². The lowest BCUT2D eigenvalue weighted by Gasteiger charge is -2.27. The zero-order chi connectivity index (χ0) is 13.6. The first-order chi connectivity index (χ1) is 8.22. The molecule has 2 rings (SSSR count). The predicted octanol–water partition coefficient (Wildman–Crippen LogP) is 1.18. The van der Waals surface area contributed by atoms with Crippen LogP contribution in [0.15, 0.2) is 23.1 Å². The van der Waals surface area contributed by atoms with Gasteiger partial charge in [-0.05, 0) is 43.9 Å². The highest BCUT2D eigenvalue weighted by Crippen LogP contribution is 2.30. The van der Waals surface area contributed by atoms with Crippen LogP contribution in [0, 0.1) is 0 Å². The normalized spacial score (nSPS) is 20.2. The molecule has 1 aliphatic heterocycles. The molecule has 1 atom stereocenters. The van der Waals surface area contributed by atoms with Crippen LogP contribution in [0.1, 0.15) is 37.5 Å². The van der Waals surface area contributed by atoms with Gasteiger partial charge in [0, 0.05) is 5.54 Å². The molecule has 1 aromatic rings. The third-order valence-corrected chi connectivity index (χ3v) is 5.19. The molecule has 0 saturated carbocycles. The average molecular weight is 269 g/mol. The largest absolute Gasteiger partial charge is 0.387 e. The third kappa shape index (κ3) is 2.43. The van der Waals surface area contributed by atoms with E-state index in [-0.39, 0.29) is 5.75 Å². The Morgan fingerprint density at radius 3 is 2.67 bits per heavy atom. The van der Waals surface area contributed by atoms with Crippen LogP contribution < -0.4 is 5.73 Å². The molecule has 1 heterocycles. The van der Waals surface area contributed by atoms with Gasteiger partial charge in [0.1, 0.15) is 0 Å². The van der Waals surface area contributed by atoms with Gasteiger partial charge in [-0.15, -0.1) is 0 Å². The van der Waals surface area contributed by atoms with Gasteiger partial charge < -0.3 is 10.8 Å². The lowest BCUT2D eigenvalue weighted by molar-refractivity contribution is 0.104. The van der Waals surface area contributed by atoms with E-state index in [0.29, 0.717) is 16.9 Å². The summed E-state index contributed by atoms with van der Waals surface area (Å²) in [6.07, 6.45) is 0.577. The molecule has 3 N–H and O–H groups in total. The summed E-state index contributed by atoms with van der Waals surface area (Å²) in [6.45, 7) is 3.49. The van der Waals surface area contributed by atoms with Crippen molar-refractivity contribution in [3.63, 3.8) is 0 Å². The number of aryl methyl sites for hydroxylation is 1. The topological polar surface area (TPSA) is 80.4 Å². The molecule has 1 unspecified atom stereocenters.